The lowest BCUT2D eigenvalue weighted by Crippen LogP contribution is -2.51. The van der Waals surface area contributed by atoms with Gasteiger partial charge < -0.3 is 5.32 Å². The van der Waals surface area contributed by atoms with E-state index < -0.39 is 10.0 Å². The Balaban J connectivity index is 1.34. The van der Waals surface area contributed by atoms with Crippen molar-refractivity contribution in [2.75, 3.05) is 31.2 Å². The fourth-order valence-electron chi connectivity index (χ4n) is 3.36. The molecule has 2 aliphatic rings. The van der Waals surface area contributed by atoms with Gasteiger partial charge in [0.15, 0.2) is 0 Å². The number of sulfonamides is 1. The van der Waals surface area contributed by atoms with E-state index in [4.69, 9.17) is 4.98 Å². The molecule has 1 N–H and O–H groups in total. The number of hydrogen-bond donors (Lipinski definition) is 1. The number of aromatic nitrogens is 3. The molecular weight excluding hydrogens is 334 g/mol. The smallest absolute Gasteiger partial charge is 0.214 e. The molecule has 0 amide bonds. The summed E-state index contributed by atoms with van der Waals surface area (Å²) in [5.74, 6) is 0.965. The van der Waals surface area contributed by atoms with Crippen LogP contribution in [-0.2, 0) is 10.0 Å². The summed E-state index contributed by atoms with van der Waals surface area (Å²) in [6.07, 6.45) is 8.42. The zero-order valence-electron chi connectivity index (χ0n) is 13.1. The van der Waals surface area contributed by atoms with Gasteiger partial charge in [-0.3, -0.25) is 0 Å². The first-order valence-electron chi connectivity index (χ1n) is 8.04. The Morgan fingerprint density at radius 2 is 2.09 bits per heavy atom. The maximum absolute atomic E-state index is 11.3. The van der Waals surface area contributed by atoms with Crippen LogP contribution < -0.4 is 5.32 Å². The number of fused-ring (bicyclic) bond motifs is 1. The van der Waals surface area contributed by atoms with Gasteiger partial charge in [-0.2, -0.15) is 0 Å². The van der Waals surface area contributed by atoms with Gasteiger partial charge in [0.05, 0.1) is 18.1 Å². The van der Waals surface area contributed by atoms with Crippen LogP contribution >= 0.6 is 11.3 Å². The summed E-state index contributed by atoms with van der Waals surface area (Å²) >= 11 is 1.56. The van der Waals surface area contributed by atoms with Crippen LogP contribution in [0.5, 0.6) is 0 Å². The zero-order valence-corrected chi connectivity index (χ0v) is 14.7. The Hall–Kier alpha value is -1.19. The molecule has 4 rings (SSSR count). The van der Waals surface area contributed by atoms with Crippen LogP contribution in [-0.4, -0.2) is 53.2 Å². The Kier molecular flexibility index (Phi) is 3.81. The highest BCUT2D eigenvalue weighted by molar-refractivity contribution is 7.88. The lowest BCUT2D eigenvalue weighted by Gasteiger charge is -2.37. The molecule has 1 saturated carbocycles. The van der Waals surface area contributed by atoms with E-state index in [1.165, 1.54) is 41.9 Å². The molecule has 0 atom stereocenters. The number of anilines is 1. The van der Waals surface area contributed by atoms with Gasteiger partial charge in [0.1, 0.15) is 0 Å². The number of nitrogens with one attached hydrogen (secondary N) is 1. The van der Waals surface area contributed by atoms with E-state index in [1.807, 2.05) is 4.52 Å². The molecule has 2 aromatic heterocycles. The quantitative estimate of drug-likeness (QED) is 0.884. The average molecular weight is 355 g/mol. The molecule has 2 fully saturated rings. The number of rotatable bonds is 5. The van der Waals surface area contributed by atoms with Crippen molar-refractivity contribution >= 4 is 31.5 Å². The van der Waals surface area contributed by atoms with Crippen LogP contribution in [0.15, 0.2) is 6.20 Å². The van der Waals surface area contributed by atoms with Crippen LogP contribution in [0, 0.1) is 5.92 Å². The highest BCUT2D eigenvalue weighted by atomic mass is 32.2. The molecule has 0 bridgehead atoms. The Labute approximate surface area is 139 Å². The van der Waals surface area contributed by atoms with Gasteiger partial charge >= 0.3 is 0 Å². The van der Waals surface area contributed by atoms with E-state index in [1.54, 1.807) is 11.3 Å². The molecule has 0 spiro atoms. The number of imidazole rings is 1. The number of hydrogen-bond acceptors (Lipinski definition) is 6. The third-order valence-electron chi connectivity index (χ3n) is 4.77. The second-order valence-corrected chi connectivity index (χ2v) is 9.55. The van der Waals surface area contributed by atoms with Gasteiger partial charge in [-0.1, -0.05) is 24.2 Å². The van der Waals surface area contributed by atoms with Crippen molar-refractivity contribution in [3.05, 3.63) is 11.9 Å². The normalized spacial score (nSPS) is 21.1. The van der Waals surface area contributed by atoms with Crippen LogP contribution in [0.1, 0.15) is 37.3 Å². The van der Waals surface area contributed by atoms with Crippen LogP contribution in [0.3, 0.4) is 0 Å². The largest absolute Gasteiger partial charge is 0.360 e. The van der Waals surface area contributed by atoms with Gasteiger partial charge in [-0.15, -0.1) is 5.10 Å². The Morgan fingerprint density at radius 1 is 1.35 bits per heavy atom. The van der Waals surface area contributed by atoms with Gasteiger partial charge in [0, 0.05) is 31.5 Å². The monoisotopic (exact) mass is 355 g/mol. The van der Waals surface area contributed by atoms with Crippen molar-refractivity contribution in [3.8, 4) is 0 Å². The predicted octanol–water partition coefficient (Wildman–Crippen LogP) is 1.75. The van der Waals surface area contributed by atoms with Crippen LogP contribution in [0.4, 0.5) is 5.13 Å². The summed E-state index contributed by atoms with van der Waals surface area (Å²) in [6.45, 7) is 1.94. The fraction of sp³-hybridized carbons (Fsp3) is 0.714. The molecule has 1 saturated heterocycles. The molecule has 3 heterocycles. The summed E-state index contributed by atoms with van der Waals surface area (Å²) in [5, 5.41) is 8.69. The minimum Gasteiger partial charge on any atom is -0.360 e. The number of nitrogens with zero attached hydrogens (tertiary/aromatic N) is 4. The molecule has 7 nitrogen and oxygen atoms in total. The van der Waals surface area contributed by atoms with Crippen molar-refractivity contribution in [2.45, 2.75) is 31.6 Å². The zero-order chi connectivity index (χ0) is 16.0. The molecule has 2 aromatic rings. The summed E-state index contributed by atoms with van der Waals surface area (Å²) in [7, 11) is -3.03. The molecule has 23 heavy (non-hydrogen) atoms. The second-order valence-electron chi connectivity index (χ2n) is 6.61. The molecule has 126 valence electrons. The minimum atomic E-state index is -3.03. The van der Waals surface area contributed by atoms with Crippen molar-refractivity contribution in [2.24, 2.45) is 5.92 Å². The standard InChI is InChI=1S/C14H21N5O2S2/c1-23(20,21)18-7-10(8-18)6-15-13-17-19-9-12(16-14(19)22-13)11-4-2-3-5-11/h9-11H,2-8H2,1H3,(H,15,17). The molecular formula is C14H21N5O2S2. The molecule has 0 radical (unpaired) electrons. The first-order valence-corrected chi connectivity index (χ1v) is 10.7. The van der Waals surface area contributed by atoms with Crippen molar-refractivity contribution < 1.29 is 8.42 Å². The molecule has 9 heteroatoms. The van der Waals surface area contributed by atoms with E-state index in [0.29, 0.717) is 24.9 Å². The van der Waals surface area contributed by atoms with Crippen LogP contribution in [0.2, 0.25) is 0 Å². The summed E-state index contributed by atoms with van der Waals surface area (Å²) in [4.78, 5) is 5.64. The molecule has 0 unspecified atom stereocenters. The van der Waals surface area contributed by atoms with E-state index in [-0.39, 0.29) is 0 Å². The highest BCUT2D eigenvalue weighted by Crippen LogP contribution is 2.34. The fourth-order valence-corrected chi connectivity index (χ4v) is 5.12. The third-order valence-corrected chi connectivity index (χ3v) is 6.89. The van der Waals surface area contributed by atoms with Gasteiger partial charge in [0.2, 0.25) is 20.1 Å². The van der Waals surface area contributed by atoms with Gasteiger partial charge in [0.25, 0.3) is 0 Å². The van der Waals surface area contributed by atoms with Gasteiger partial charge in [-0.25, -0.2) is 22.2 Å². The Bertz CT molecular complexity index is 769. The highest BCUT2D eigenvalue weighted by Gasteiger charge is 2.32. The molecule has 0 aromatic carbocycles. The van der Waals surface area contributed by atoms with Crippen molar-refractivity contribution in [1.82, 2.24) is 18.9 Å². The van der Waals surface area contributed by atoms with Gasteiger partial charge in [-0.05, 0) is 12.8 Å². The lowest BCUT2D eigenvalue weighted by molar-refractivity contribution is 0.213. The van der Waals surface area contributed by atoms with Crippen LogP contribution in [0.25, 0.3) is 4.96 Å². The predicted molar refractivity (Wildman–Crippen MR) is 90.5 cm³/mol. The lowest BCUT2D eigenvalue weighted by atomic mass is 10.0. The topological polar surface area (TPSA) is 79.6 Å². The maximum atomic E-state index is 11.3. The minimum absolute atomic E-state index is 0.356. The van der Waals surface area contributed by atoms with Crippen molar-refractivity contribution in [1.29, 1.82) is 0 Å². The summed E-state index contributed by atoms with van der Waals surface area (Å²) in [5.41, 5.74) is 1.18. The first-order chi connectivity index (χ1) is 11.0. The van der Waals surface area contributed by atoms with Crippen molar-refractivity contribution in [3.63, 3.8) is 0 Å². The maximum Gasteiger partial charge on any atom is 0.214 e. The van der Waals surface area contributed by atoms with E-state index in [0.717, 1.165) is 16.6 Å². The SMILES string of the molecule is CS(=O)(=O)N1CC(CNc2nn3cc(C4CCCC4)nc3s2)C1. The van der Waals surface area contributed by atoms with E-state index in [9.17, 15) is 8.42 Å². The third kappa shape index (κ3) is 3.09. The second kappa shape index (κ2) is 5.71. The molecule has 1 aliphatic heterocycles. The first kappa shape index (κ1) is 15.3. The average Bonchev–Trinajstić information content (AvgIpc) is 3.09. The summed E-state index contributed by atoms with van der Waals surface area (Å²) in [6, 6.07) is 0. The molecule has 1 aliphatic carbocycles. The summed E-state index contributed by atoms with van der Waals surface area (Å²) < 4.78 is 26.0. The Morgan fingerprint density at radius 3 is 2.74 bits per heavy atom. The van der Waals surface area contributed by atoms with E-state index >= 15 is 0 Å². The van der Waals surface area contributed by atoms with E-state index in [2.05, 4.69) is 16.6 Å².